The molecule has 2 aliphatic carbocycles. The van der Waals surface area contributed by atoms with E-state index in [9.17, 15) is 8.42 Å². The van der Waals surface area contributed by atoms with Gasteiger partial charge in [0, 0.05) is 37.4 Å². The lowest BCUT2D eigenvalue weighted by molar-refractivity contribution is 0.276. The van der Waals surface area contributed by atoms with Crippen LogP contribution in [0, 0.1) is 11.8 Å². The number of sulfonamides is 1. The van der Waals surface area contributed by atoms with Crippen LogP contribution in [0.5, 0.6) is 0 Å². The Morgan fingerprint density at radius 3 is 2.43 bits per heavy atom. The Kier molecular flexibility index (Phi) is 7.34. The molecule has 1 heterocycles. The number of guanidine groups is 1. The van der Waals surface area contributed by atoms with Gasteiger partial charge in [0.25, 0.3) is 0 Å². The van der Waals surface area contributed by atoms with E-state index in [1.165, 1.54) is 18.4 Å². The lowest BCUT2D eigenvalue weighted by atomic mass is 9.82. The number of rotatable bonds is 8. The third kappa shape index (κ3) is 5.82. The maximum atomic E-state index is 12.6. The Morgan fingerprint density at radius 2 is 1.69 bits per heavy atom. The minimum absolute atomic E-state index is 0.139. The molecule has 2 fully saturated rings. The number of benzene rings is 2. The monoisotopic (exact) mass is 515 g/mol. The SMILES string of the molecule is CN1C(=NCC2CCC(CNS(=O)(=O)c3ccccc3Cl)CC2)Nc2ccccc2C1NC1CC1. The van der Waals surface area contributed by atoms with Crippen molar-refractivity contribution in [3.63, 3.8) is 0 Å². The fourth-order valence-corrected chi connectivity index (χ4v) is 6.65. The highest BCUT2D eigenvalue weighted by molar-refractivity contribution is 7.89. The summed E-state index contributed by atoms with van der Waals surface area (Å²) in [5.74, 6) is 1.77. The van der Waals surface area contributed by atoms with Gasteiger partial charge in [-0.2, -0.15) is 0 Å². The van der Waals surface area contributed by atoms with E-state index in [-0.39, 0.29) is 16.1 Å². The molecule has 0 spiro atoms. The van der Waals surface area contributed by atoms with E-state index in [2.05, 4.69) is 51.6 Å². The summed E-state index contributed by atoms with van der Waals surface area (Å²) >= 11 is 6.08. The fraction of sp³-hybridized carbons (Fsp3) is 0.500. The van der Waals surface area contributed by atoms with Gasteiger partial charge in [-0.3, -0.25) is 10.3 Å². The van der Waals surface area contributed by atoms with E-state index < -0.39 is 10.0 Å². The Labute approximate surface area is 213 Å². The number of para-hydroxylation sites is 1. The van der Waals surface area contributed by atoms with Crippen LogP contribution in [0.1, 0.15) is 50.3 Å². The topological polar surface area (TPSA) is 85.8 Å². The molecule has 1 unspecified atom stereocenters. The predicted octanol–water partition coefficient (Wildman–Crippen LogP) is 4.59. The molecule has 0 radical (unpaired) electrons. The lowest BCUT2D eigenvalue weighted by Crippen LogP contribution is -2.47. The van der Waals surface area contributed by atoms with Crippen LogP contribution in [0.25, 0.3) is 0 Å². The van der Waals surface area contributed by atoms with E-state index in [4.69, 9.17) is 16.6 Å². The molecule has 7 nitrogen and oxygen atoms in total. The van der Waals surface area contributed by atoms with E-state index >= 15 is 0 Å². The molecule has 0 aromatic heterocycles. The Bertz CT molecular complexity index is 1180. The summed E-state index contributed by atoms with van der Waals surface area (Å²) in [6.07, 6.45) is 6.73. The van der Waals surface area contributed by atoms with Crippen molar-refractivity contribution >= 4 is 33.3 Å². The number of halogens is 1. The van der Waals surface area contributed by atoms with Gasteiger partial charge in [0.15, 0.2) is 5.96 Å². The van der Waals surface area contributed by atoms with Crippen molar-refractivity contribution in [2.45, 2.75) is 55.6 Å². The minimum Gasteiger partial charge on any atom is -0.326 e. The van der Waals surface area contributed by atoms with Crippen LogP contribution >= 0.6 is 11.6 Å². The number of hydrogen-bond donors (Lipinski definition) is 3. The van der Waals surface area contributed by atoms with Gasteiger partial charge < -0.3 is 10.2 Å². The Balaban J connectivity index is 1.14. The molecule has 3 N–H and O–H groups in total. The Morgan fingerprint density at radius 1 is 1.00 bits per heavy atom. The normalized spacial score (nSPS) is 25.8. The van der Waals surface area contributed by atoms with Gasteiger partial charge in [0.2, 0.25) is 10.0 Å². The van der Waals surface area contributed by atoms with Crippen LogP contribution in [0.15, 0.2) is 58.4 Å². The predicted molar refractivity (Wildman–Crippen MR) is 141 cm³/mol. The van der Waals surface area contributed by atoms with Crippen molar-refractivity contribution in [1.29, 1.82) is 0 Å². The van der Waals surface area contributed by atoms with Crippen LogP contribution in [-0.2, 0) is 10.0 Å². The lowest BCUT2D eigenvalue weighted by Gasteiger charge is -2.38. The molecule has 35 heavy (non-hydrogen) atoms. The van der Waals surface area contributed by atoms with Crippen molar-refractivity contribution in [1.82, 2.24) is 14.9 Å². The summed E-state index contributed by atoms with van der Waals surface area (Å²) in [4.78, 5) is 7.35. The molecule has 2 aromatic carbocycles. The molecule has 2 aromatic rings. The third-order valence-electron chi connectivity index (χ3n) is 7.35. The molecule has 1 atom stereocenters. The van der Waals surface area contributed by atoms with E-state index in [1.54, 1.807) is 24.3 Å². The zero-order valence-electron chi connectivity index (χ0n) is 20.1. The number of nitrogens with zero attached hydrogens (tertiary/aromatic N) is 2. The number of aliphatic imine (C=N–C) groups is 1. The van der Waals surface area contributed by atoms with Gasteiger partial charge in [-0.1, -0.05) is 41.9 Å². The molecule has 3 aliphatic rings. The molecule has 0 saturated heterocycles. The van der Waals surface area contributed by atoms with Gasteiger partial charge in [-0.15, -0.1) is 0 Å². The molecular weight excluding hydrogens is 482 g/mol. The molecule has 188 valence electrons. The number of fused-ring (bicyclic) bond motifs is 1. The third-order valence-corrected chi connectivity index (χ3v) is 9.27. The zero-order chi connectivity index (χ0) is 24.4. The molecule has 9 heteroatoms. The van der Waals surface area contributed by atoms with Crippen molar-refractivity contribution in [2.75, 3.05) is 25.5 Å². The highest BCUT2D eigenvalue weighted by Gasteiger charge is 2.33. The molecule has 2 saturated carbocycles. The van der Waals surface area contributed by atoms with E-state index in [1.807, 2.05) is 0 Å². The van der Waals surface area contributed by atoms with E-state index in [0.717, 1.165) is 43.9 Å². The first-order valence-corrected chi connectivity index (χ1v) is 14.4. The van der Waals surface area contributed by atoms with E-state index in [0.29, 0.717) is 24.4 Å². The average molecular weight is 516 g/mol. The molecule has 1 aliphatic heterocycles. The summed E-state index contributed by atoms with van der Waals surface area (Å²) in [7, 11) is -1.49. The van der Waals surface area contributed by atoms with Crippen LogP contribution in [-0.4, -0.2) is 45.5 Å². The Hall–Kier alpha value is -2.13. The first-order valence-electron chi connectivity index (χ1n) is 12.5. The first kappa shape index (κ1) is 24.6. The minimum atomic E-state index is -3.59. The first-order chi connectivity index (χ1) is 16.9. The molecule has 0 amide bonds. The van der Waals surface area contributed by atoms with Crippen molar-refractivity contribution in [2.24, 2.45) is 16.8 Å². The van der Waals surface area contributed by atoms with Crippen LogP contribution in [0.2, 0.25) is 5.02 Å². The number of nitrogens with one attached hydrogen (secondary N) is 3. The summed E-state index contributed by atoms with van der Waals surface area (Å²) in [6.45, 7) is 1.23. The van der Waals surface area contributed by atoms with Crippen LogP contribution in [0.4, 0.5) is 5.69 Å². The quantitative estimate of drug-likeness (QED) is 0.479. The second kappa shape index (κ2) is 10.5. The second-order valence-electron chi connectivity index (χ2n) is 10.00. The van der Waals surface area contributed by atoms with Crippen LogP contribution < -0.4 is 15.4 Å². The van der Waals surface area contributed by atoms with Crippen molar-refractivity contribution < 1.29 is 8.42 Å². The number of hydrogen-bond acceptors (Lipinski definition) is 4. The standard InChI is InChI=1S/C26H34ClN5O2S/c1-32-25(30-20-14-15-20)21-6-2-4-8-23(21)31-26(32)28-16-18-10-12-19(13-11-18)17-29-35(33,34)24-9-5-3-7-22(24)27/h2-9,18-20,25,29-30H,10-17H2,1H3,(H,28,31). The summed E-state index contributed by atoms with van der Waals surface area (Å²) in [6, 6.07) is 15.6. The van der Waals surface area contributed by atoms with Gasteiger partial charge in [-0.25, -0.2) is 13.1 Å². The summed E-state index contributed by atoms with van der Waals surface area (Å²) in [5, 5.41) is 7.53. The smallest absolute Gasteiger partial charge is 0.242 e. The van der Waals surface area contributed by atoms with Crippen molar-refractivity contribution in [3.8, 4) is 0 Å². The van der Waals surface area contributed by atoms with Gasteiger partial charge in [0.1, 0.15) is 11.1 Å². The van der Waals surface area contributed by atoms with Crippen LogP contribution in [0.3, 0.4) is 0 Å². The largest absolute Gasteiger partial charge is 0.326 e. The molecule has 5 rings (SSSR count). The number of anilines is 1. The maximum Gasteiger partial charge on any atom is 0.242 e. The molecular formula is C26H34ClN5O2S. The van der Waals surface area contributed by atoms with Gasteiger partial charge in [-0.05, 0) is 68.6 Å². The highest BCUT2D eigenvalue weighted by atomic mass is 35.5. The second-order valence-corrected chi connectivity index (χ2v) is 12.1. The zero-order valence-corrected chi connectivity index (χ0v) is 21.7. The average Bonchev–Trinajstić information content (AvgIpc) is 3.68. The highest BCUT2D eigenvalue weighted by Crippen LogP contribution is 2.34. The summed E-state index contributed by atoms with van der Waals surface area (Å²) in [5.41, 5.74) is 2.39. The fourth-order valence-electron chi connectivity index (χ4n) is 5.02. The maximum absolute atomic E-state index is 12.6. The van der Waals surface area contributed by atoms with Crippen molar-refractivity contribution in [3.05, 3.63) is 59.1 Å². The van der Waals surface area contributed by atoms with Gasteiger partial charge >= 0.3 is 0 Å². The molecule has 0 bridgehead atoms. The summed E-state index contributed by atoms with van der Waals surface area (Å²) < 4.78 is 28.0. The van der Waals surface area contributed by atoms with Gasteiger partial charge in [0.05, 0.1) is 5.02 Å².